The van der Waals surface area contributed by atoms with E-state index in [0.29, 0.717) is 6.61 Å². The number of pyridine rings is 1. The summed E-state index contributed by atoms with van der Waals surface area (Å²) in [4.78, 5) is 13.0. The van der Waals surface area contributed by atoms with Gasteiger partial charge in [0.1, 0.15) is 12.4 Å². The Morgan fingerprint density at radius 2 is 0.826 bits per heavy atom. The third-order valence-corrected chi connectivity index (χ3v) is 8.57. The topological polar surface area (TPSA) is 31.8 Å². The largest absolute Gasteiger partial charge is 0.489 e. The van der Waals surface area contributed by atoms with Crippen LogP contribution in [0, 0.1) is 0 Å². The molecule has 0 saturated heterocycles. The van der Waals surface area contributed by atoms with Gasteiger partial charge >= 0.3 is 0 Å². The van der Waals surface area contributed by atoms with Gasteiger partial charge in [0.05, 0.1) is 11.4 Å². The summed E-state index contributed by atoms with van der Waals surface area (Å²) >= 11 is 0. The molecule has 1 aromatic heterocycles. The van der Waals surface area contributed by atoms with Crippen molar-refractivity contribution in [3.05, 3.63) is 167 Å². The summed E-state index contributed by atoms with van der Waals surface area (Å²) < 4.78 is 6.41. The molecule has 0 unspecified atom stereocenters. The lowest BCUT2D eigenvalue weighted by Gasteiger charge is -2.29. The molecule has 46 heavy (non-hydrogen) atoms. The Bertz CT molecular complexity index is 1510. The lowest BCUT2D eigenvalue weighted by molar-refractivity contribution is 0.188. The van der Waals surface area contributed by atoms with Gasteiger partial charge in [0.25, 0.3) is 0 Å². The highest BCUT2D eigenvalue weighted by atomic mass is 16.5. The molecule has 0 atom stereocenters. The predicted molar refractivity (Wildman–Crippen MR) is 187 cm³/mol. The van der Waals surface area contributed by atoms with Crippen molar-refractivity contribution >= 4 is 0 Å². The Labute approximate surface area is 275 Å². The number of nitrogens with zero attached hydrogens (tertiary/aromatic N) is 4. The summed E-state index contributed by atoms with van der Waals surface area (Å²) in [6.45, 7) is 9.03. The fourth-order valence-corrected chi connectivity index (χ4v) is 6.32. The maximum absolute atomic E-state index is 6.41. The van der Waals surface area contributed by atoms with Gasteiger partial charge in [-0.15, -0.1) is 0 Å². The summed E-state index contributed by atoms with van der Waals surface area (Å²) in [6, 6.07) is 47.3. The van der Waals surface area contributed by atoms with Crippen LogP contribution in [0.5, 0.6) is 5.75 Å². The SMILES string of the molecule is c1ccc(COc2cc3nc(c2)CN(Cc2ccccc2)CCCN(Cc2ccccc2)CCCN(Cc2ccccc2)C3)cc1. The molecule has 0 amide bonds. The number of aromatic nitrogens is 1. The van der Waals surface area contributed by atoms with E-state index in [1.54, 1.807) is 0 Å². The van der Waals surface area contributed by atoms with Gasteiger partial charge in [-0.3, -0.25) is 19.7 Å². The van der Waals surface area contributed by atoms with E-state index in [0.717, 1.165) is 88.9 Å². The first-order valence-electron chi connectivity index (χ1n) is 16.7. The minimum Gasteiger partial charge on any atom is -0.489 e. The van der Waals surface area contributed by atoms with Gasteiger partial charge in [-0.05, 0) is 48.2 Å². The highest BCUT2D eigenvalue weighted by Gasteiger charge is 2.17. The molecule has 0 N–H and O–H groups in total. The highest BCUT2D eigenvalue weighted by molar-refractivity contribution is 5.29. The minimum absolute atomic E-state index is 0.544. The lowest BCUT2D eigenvalue weighted by atomic mass is 10.1. The van der Waals surface area contributed by atoms with Crippen LogP contribution >= 0.6 is 0 Å². The van der Waals surface area contributed by atoms with Crippen LogP contribution in [0.15, 0.2) is 133 Å². The summed E-state index contributed by atoms with van der Waals surface area (Å²) in [7, 11) is 0. The lowest BCUT2D eigenvalue weighted by Crippen LogP contribution is -2.33. The van der Waals surface area contributed by atoms with Crippen LogP contribution < -0.4 is 4.74 Å². The van der Waals surface area contributed by atoms with Crippen molar-refractivity contribution in [2.24, 2.45) is 0 Å². The summed E-state index contributed by atoms with van der Waals surface area (Å²) in [6.07, 6.45) is 2.20. The van der Waals surface area contributed by atoms with E-state index >= 15 is 0 Å². The Kier molecular flexibility index (Phi) is 11.6. The molecule has 1 aliphatic rings. The Morgan fingerprint density at radius 3 is 1.26 bits per heavy atom. The van der Waals surface area contributed by atoms with E-state index in [1.165, 1.54) is 22.3 Å². The molecule has 0 fully saturated rings. The Balaban J connectivity index is 1.28. The van der Waals surface area contributed by atoms with E-state index < -0.39 is 0 Å². The Hall–Kier alpha value is -4.29. The summed E-state index contributed by atoms with van der Waals surface area (Å²) in [5.74, 6) is 0.893. The van der Waals surface area contributed by atoms with Crippen molar-refractivity contribution in [3.8, 4) is 5.75 Å². The maximum Gasteiger partial charge on any atom is 0.123 e. The van der Waals surface area contributed by atoms with Crippen molar-refractivity contribution in [3.63, 3.8) is 0 Å². The fraction of sp³-hybridized carbons (Fsp3) is 0.293. The van der Waals surface area contributed by atoms with Crippen LogP contribution in [-0.4, -0.2) is 45.9 Å². The van der Waals surface area contributed by atoms with Gasteiger partial charge in [-0.1, -0.05) is 121 Å². The van der Waals surface area contributed by atoms with Crippen molar-refractivity contribution in [2.45, 2.75) is 52.2 Å². The fourth-order valence-electron chi connectivity index (χ4n) is 6.32. The minimum atomic E-state index is 0.544. The molecule has 5 nitrogen and oxygen atoms in total. The normalized spacial score (nSPS) is 15.7. The first-order chi connectivity index (χ1) is 22.7. The second kappa shape index (κ2) is 16.9. The van der Waals surface area contributed by atoms with Crippen LogP contribution in [0.4, 0.5) is 0 Å². The molecule has 1 aliphatic heterocycles. The standard InChI is InChI=1S/C41H46N4O/c1-5-15-35(16-6-1)29-43-23-13-25-44(30-36-17-7-2-8-18-36)32-39-27-41(46-34-38-21-11-4-12-22-38)28-40(42-39)33-45(26-14-24-43)31-37-19-9-3-10-20-37/h1-12,15-22,27-28H,13-14,23-26,29-34H2. The zero-order chi connectivity index (χ0) is 31.2. The molecular formula is C41H46N4O. The molecule has 0 aliphatic carbocycles. The zero-order valence-corrected chi connectivity index (χ0v) is 26.9. The molecule has 6 rings (SSSR count). The molecule has 0 saturated carbocycles. The number of hydrogen-bond acceptors (Lipinski definition) is 5. The number of benzene rings is 4. The summed E-state index contributed by atoms with van der Waals surface area (Å²) in [5.41, 5.74) is 7.34. The second-order valence-electron chi connectivity index (χ2n) is 12.4. The average molecular weight is 611 g/mol. The van der Waals surface area contributed by atoms with Gasteiger partial charge in [0.15, 0.2) is 0 Å². The van der Waals surface area contributed by atoms with Gasteiger partial charge in [-0.25, -0.2) is 0 Å². The van der Waals surface area contributed by atoms with Crippen molar-refractivity contribution in [2.75, 3.05) is 26.2 Å². The first kappa shape index (κ1) is 31.7. The van der Waals surface area contributed by atoms with Gasteiger partial charge in [0.2, 0.25) is 0 Å². The van der Waals surface area contributed by atoms with Crippen LogP contribution in [0.2, 0.25) is 0 Å². The monoisotopic (exact) mass is 610 g/mol. The number of rotatable bonds is 9. The Morgan fingerprint density at radius 1 is 0.457 bits per heavy atom. The molecule has 5 heteroatoms. The smallest absolute Gasteiger partial charge is 0.123 e. The molecule has 236 valence electrons. The third-order valence-electron chi connectivity index (χ3n) is 8.57. The highest BCUT2D eigenvalue weighted by Crippen LogP contribution is 2.21. The van der Waals surface area contributed by atoms with Crippen LogP contribution in [-0.2, 0) is 39.3 Å². The summed E-state index contributed by atoms with van der Waals surface area (Å²) in [5, 5.41) is 0. The van der Waals surface area contributed by atoms with Gasteiger partial charge < -0.3 is 4.74 Å². The number of ether oxygens (including phenoxy) is 1. The molecular weight excluding hydrogens is 564 g/mol. The van der Waals surface area contributed by atoms with Crippen molar-refractivity contribution in [1.29, 1.82) is 0 Å². The zero-order valence-electron chi connectivity index (χ0n) is 26.9. The molecule has 2 bridgehead atoms. The second-order valence-corrected chi connectivity index (χ2v) is 12.4. The van der Waals surface area contributed by atoms with E-state index in [2.05, 4.69) is 142 Å². The number of hydrogen-bond donors (Lipinski definition) is 0. The molecule has 5 aromatic rings. The van der Waals surface area contributed by atoms with Crippen LogP contribution in [0.25, 0.3) is 0 Å². The van der Waals surface area contributed by atoms with Crippen molar-refractivity contribution in [1.82, 2.24) is 19.7 Å². The maximum atomic E-state index is 6.41. The molecule has 4 aromatic carbocycles. The van der Waals surface area contributed by atoms with E-state index in [9.17, 15) is 0 Å². The molecule has 2 heterocycles. The first-order valence-corrected chi connectivity index (χ1v) is 16.7. The molecule has 0 spiro atoms. The third kappa shape index (κ3) is 10.1. The predicted octanol–water partition coefficient (Wildman–Crippen LogP) is 7.96. The number of fused-ring (bicyclic) bond motifs is 2. The van der Waals surface area contributed by atoms with Crippen LogP contribution in [0.3, 0.4) is 0 Å². The van der Waals surface area contributed by atoms with Crippen molar-refractivity contribution < 1.29 is 4.74 Å². The van der Waals surface area contributed by atoms with E-state index in [-0.39, 0.29) is 0 Å². The van der Waals surface area contributed by atoms with E-state index in [4.69, 9.17) is 9.72 Å². The molecule has 0 radical (unpaired) electrons. The van der Waals surface area contributed by atoms with Gasteiger partial charge in [-0.2, -0.15) is 0 Å². The average Bonchev–Trinajstić information content (AvgIpc) is 3.08. The van der Waals surface area contributed by atoms with Crippen LogP contribution in [0.1, 0.15) is 46.5 Å². The van der Waals surface area contributed by atoms with Gasteiger partial charge in [0, 0.05) is 57.9 Å². The quantitative estimate of drug-likeness (QED) is 0.169. The van der Waals surface area contributed by atoms with E-state index in [1.807, 2.05) is 6.07 Å².